The number of nitrogens with one attached hydrogen (secondary N) is 1. The van der Waals surface area contributed by atoms with Gasteiger partial charge in [-0.3, -0.25) is 19.3 Å². The molecule has 30 heavy (non-hydrogen) atoms. The van der Waals surface area contributed by atoms with Crippen molar-refractivity contribution in [1.82, 2.24) is 0 Å². The van der Waals surface area contributed by atoms with Gasteiger partial charge in [-0.05, 0) is 61.7 Å². The molecule has 4 rings (SSSR count). The largest absolute Gasteiger partial charge is 0.478 e. The minimum atomic E-state index is -1.07. The zero-order valence-corrected chi connectivity index (χ0v) is 16.6. The van der Waals surface area contributed by atoms with E-state index in [4.69, 9.17) is 5.11 Å². The molecular formula is C23H22N2O5. The van der Waals surface area contributed by atoms with Gasteiger partial charge >= 0.3 is 5.97 Å². The van der Waals surface area contributed by atoms with Crippen LogP contribution in [0, 0.1) is 18.8 Å². The maximum Gasteiger partial charge on any atom is 0.335 e. The minimum absolute atomic E-state index is 0.0822. The molecule has 1 saturated carbocycles. The number of fused-ring (bicyclic) bond motifs is 1. The number of aromatic carboxylic acids is 1. The van der Waals surface area contributed by atoms with Crippen molar-refractivity contribution < 1.29 is 24.3 Å². The lowest BCUT2D eigenvalue weighted by atomic mass is 9.81. The lowest BCUT2D eigenvalue weighted by Crippen LogP contribution is -2.30. The maximum absolute atomic E-state index is 12.7. The highest BCUT2D eigenvalue weighted by Gasteiger charge is 2.48. The van der Waals surface area contributed by atoms with Gasteiger partial charge in [0.2, 0.25) is 11.8 Å². The Bertz CT molecular complexity index is 1020. The lowest BCUT2D eigenvalue weighted by molar-refractivity contribution is -0.122. The van der Waals surface area contributed by atoms with Crippen molar-refractivity contribution in [3.8, 4) is 0 Å². The predicted octanol–water partition coefficient (Wildman–Crippen LogP) is 3.63. The average Bonchev–Trinajstić information content (AvgIpc) is 3.00. The van der Waals surface area contributed by atoms with Gasteiger partial charge in [-0.25, -0.2) is 4.79 Å². The van der Waals surface area contributed by atoms with Gasteiger partial charge < -0.3 is 10.4 Å². The molecule has 3 amide bonds. The molecule has 1 heterocycles. The molecule has 0 aromatic heterocycles. The summed E-state index contributed by atoms with van der Waals surface area (Å²) in [5.74, 6) is -2.22. The molecule has 0 radical (unpaired) electrons. The molecule has 1 aliphatic heterocycles. The van der Waals surface area contributed by atoms with E-state index in [0.29, 0.717) is 16.9 Å². The van der Waals surface area contributed by atoms with Crippen LogP contribution in [0.3, 0.4) is 0 Å². The van der Waals surface area contributed by atoms with Crippen LogP contribution in [0.25, 0.3) is 0 Å². The topological polar surface area (TPSA) is 104 Å². The van der Waals surface area contributed by atoms with Crippen molar-refractivity contribution >= 4 is 35.1 Å². The van der Waals surface area contributed by atoms with Gasteiger partial charge in [0.25, 0.3) is 5.91 Å². The molecule has 2 fully saturated rings. The van der Waals surface area contributed by atoms with Crippen LogP contribution < -0.4 is 10.2 Å². The van der Waals surface area contributed by atoms with Crippen molar-refractivity contribution in [1.29, 1.82) is 0 Å². The fourth-order valence-corrected chi connectivity index (χ4v) is 4.26. The first-order valence-electron chi connectivity index (χ1n) is 10.00. The second kappa shape index (κ2) is 7.74. The monoisotopic (exact) mass is 406 g/mol. The quantitative estimate of drug-likeness (QED) is 0.755. The number of hydrogen-bond acceptors (Lipinski definition) is 4. The van der Waals surface area contributed by atoms with Crippen molar-refractivity contribution in [2.75, 3.05) is 10.2 Å². The highest BCUT2D eigenvalue weighted by atomic mass is 16.4. The van der Waals surface area contributed by atoms with Gasteiger partial charge in [0.15, 0.2) is 0 Å². The standard InChI is InChI=1S/C23H22N2O5/c1-13-6-7-15(23(29)30)12-19(13)24-20(26)14-8-10-16(11-9-14)25-21(27)17-4-2-3-5-18(17)22(25)28/h6-12,17-18H,2-5H2,1H3,(H,24,26)(H,29,30)/t17-,18-/m0/s1. The number of amides is 3. The third kappa shape index (κ3) is 3.47. The first kappa shape index (κ1) is 19.8. The Kier molecular flexibility index (Phi) is 5.11. The molecule has 2 aromatic carbocycles. The Morgan fingerprint density at radius 1 is 0.933 bits per heavy atom. The fourth-order valence-electron chi connectivity index (χ4n) is 4.26. The molecule has 7 heteroatoms. The van der Waals surface area contributed by atoms with E-state index in [9.17, 15) is 19.2 Å². The zero-order valence-electron chi connectivity index (χ0n) is 16.6. The Balaban J connectivity index is 1.52. The second-order valence-corrected chi connectivity index (χ2v) is 7.85. The third-order valence-electron chi connectivity index (χ3n) is 5.96. The van der Waals surface area contributed by atoms with Gasteiger partial charge in [0, 0.05) is 11.3 Å². The molecule has 7 nitrogen and oxygen atoms in total. The van der Waals surface area contributed by atoms with Crippen LogP contribution in [0.4, 0.5) is 11.4 Å². The molecule has 0 bridgehead atoms. The number of nitrogens with zero attached hydrogens (tertiary/aromatic N) is 1. The van der Waals surface area contributed by atoms with E-state index in [2.05, 4.69) is 5.32 Å². The summed E-state index contributed by atoms with van der Waals surface area (Å²) >= 11 is 0. The Hall–Kier alpha value is -3.48. The van der Waals surface area contributed by atoms with Gasteiger partial charge in [0.1, 0.15) is 0 Å². The van der Waals surface area contributed by atoms with Crippen molar-refractivity contribution in [3.05, 3.63) is 59.2 Å². The first-order chi connectivity index (χ1) is 14.4. The number of imide groups is 1. The van der Waals surface area contributed by atoms with Gasteiger partial charge in [0.05, 0.1) is 23.1 Å². The number of anilines is 2. The second-order valence-electron chi connectivity index (χ2n) is 7.85. The summed E-state index contributed by atoms with van der Waals surface area (Å²) in [7, 11) is 0. The molecule has 2 aromatic rings. The molecule has 2 atom stereocenters. The molecule has 1 saturated heterocycles. The van der Waals surface area contributed by atoms with E-state index in [0.717, 1.165) is 31.2 Å². The summed E-state index contributed by atoms with van der Waals surface area (Å²) in [6.07, 6.45) is 3.44. The van der Waals surface area contributed by atoms with Crippen LogP contribution in [0.15, 0.2) is 42.5 Å². The molecular weight excluding hydrogens is 384 g/mol. The highest BCUT2D eigenvalue weighted by Crippen LogP contribution is 2.40. The number of carboxylic acids is 1. The van der Waals surface area contributed by atoms with Crippen LogP contribution in [0.2, 0.25) is 0 Å². The SMILES string of the molecule is Cc1ccc(C(=O)O)cc1NC(=O)c1ccc(N2C(=O)[C@H]3CCCC[C@@H]3C2=O)cc1. The maximum atomic E-state index is 12.7. The zero-order chi connectivity index (χ0) is 21.4. The van der Waals surface area contributed by atoms with Crippen LogP contribution in [0.5, 0.6) is 0 Å². The van der Waals surface area contributed by atoms with E-state index in [1.807, 2.05) is 0 Å². The van der Waals surface area contributed by atoms with Gasteiger partial charge in [-0.15, -0.1) is 0 Å². The molecule has 154 valence electrons. The minimum Gasteiger partial charge on any atom is -0.478 e. The first-order valence-corrected chi connectivity index (χ1v) is 10.00. The normalized spacial score (nSPS) is 20.8. The summed E-state index contributed by atoms with van der Waals surface area (Å²) in [5, 5.41) is 11.9. The van der Waals surface area contributed by atoms with E-state index in [-0.39, 0.29) is 29.2 Å². The number of aryl methyl sites for hydroxylation is 1. The average molecular weight is 406 g/mol. The van der Waals surface area contributed by atoms with E-state index < -0.39 is 11.9 Å². The van der Waals surface area contributed by atoms with Crippen molar-refractivity contribution in [3.63, 3.8) is 0 Å². The Labute approximate surface area is 173 Å². The fraction of sp³-hybridized carbons (Fsp3) is 0.304. The van der Waals surface area contributed by atoms with E-state index in [1.54, 1.807) is 37.3 Å². The van der Waals surface area contributed by atoms with Crippen molar-refractivity contribution in [2.45, 2.75) is 32.6 Å². The van der Waals surface area contributed by atoms with Crippen LogP contribution in [-0.2, 0) is 9.59 Å². The summed E-state index contributed by atoms with van der Waals surface area (Å²) in [6, 6.07) is 10.8. The molecule has 2 aliphatic rings. The number of carbonyl (C=O) groups is 4. The molecule has 0 unspecified atom stereocenters. The molecule has 0 spiro atoms. The Morgan fingerprint density at radius 2 is 1.50 bits per heavy atom. The van der Waals surface area contributed by atoms with E-state index >= 15 is 0 Å². The number of benzene rings is 2. The highest BCUT2D eigenvalue weighted by molar-refractivity contribution is 6.22. The van der Waals surface area contributed by atoms with Crippen LogP contribution in [0.1, 0.15) is 52.0 Å². The number of hydrogen-bond donors (Lipinski definition) is 2. The molecule has 2 N–H and O–H groups in total. The summed E-state index contributed by atoms with van der Waals surface area (Å²) in [6.45, 7) is 1.77. The number of carbonyl (C=O) groups excluding carboxylic acids is 3. The smallest absolute Gasteiger partial charge is 0.335 e. The predicted molar refractivity (Wildman–Crippen MR) is 110 cm³/mol. The molecule has 1 aliphatic carbocycles. The Morgan fingerprint density at radius 3 is 2.07 bits per heavy atom. The third-order valence-corrected chi connectivity index (χ3v) is 5.96. The van der Waals surface area contributed by atoms with Gasteiger partial charge in [-0.2, -0.15) is 0 Å². The summed E-state index contributed by atoms with van der Waals surface area (Å²) < 4.78 is 0. The van der Waals surface area contributed by atoms with E-state index in [1.165, 1.54) is 17.0 Å². The van der Waals surface area contributed by atoms with Crippen molar-refractivity contribution in [2.24, 2.45) is 11.8 Å². The van der Waals surface area contributed by atoms with Crippen LogP contribution in [-0.4, -0.2) is 28.8 Å². The number of carboxylic acid groups (broad SMARTS) is 1. The summed E-state index contributed by atoms with van der Waals surface area (Å²) in [4.78, 5) is 50.4. The number of rotatable bonds is 4. The lowest BCUT2D eigenvalue weighted by Gasteiger charge is -2.19. The summed E-state index contributed by atoms with van der Waals surface area (Å²) in [5.41, 5.74) is 2.05. The van der Waals surface area contributed by atoms with Gasteiger partial charge in [-0.1, -0.05) is 18.9 Å². The van der Waals surface area contributed by atoms with Crippen LogP contribution >= 0.6 is 0 Å².